The number of anilines is 1. The van der Waals surface area contributed by atoms with Crippen LogP contribution in [0, 0.1) is 6.92 Å². The average Bonchev–Trinajstić information content (AvgIpc) is 3.20. The number of pyridine rings is 1. The van der Waals surface area contributed by atoms with Gasteiger partial charge in [-0.05, 0) is 36.8 Å². The van der Waals surface area contributed by atoms with Crippen LogP contribution >= 0.6 is 11.6 Å². The van der Waals surface area contributed by atoms with Crippen molar-refractivity contribution in [3.05, 3.63) is 65.1 Å². The summed E-state index contributed by atoms with van der Waals surface area (Å²) in [5, 5.41) is 4.67. The van der Waals surface area contributed by atoms with E-state index in [0.29, 0.717) is 24.5 Å². The Labute approximate surface area is 162 Å². The molecule has 0 saturated carbocycles. The molecule has 27 heavy (non-hydrogen) atoms. The third-order valence-electron chi connectivity index (χ3n) is 4.75. The number of carbonyl (C=O) groups is 1. The Kier molecular flexibility index (Phi) is 4.81. The summed E-state index contributed by atoms with van der Waals surface area (Å²) in [6.45, 7) is 4.82. The van der Waals surface area contributed by atoms with E-state index in [1.54, 1.807) is 23.4 Å². The van der Waals surface area contributed by atoms with Crippen LogP contribution in [0.25, 0.3) is 11.3 Å². The molecule has 3 heterocycles. The van der Waals surface area contributed by atoms with Crippen molar-refractivity contribution in [1.82, 2.24) is 15.0 Å². The average molecular weight is 383 g/mol. The van der Waals surface area contributed by atoms with Crippen LogP contribution in [0.1, 0.15) is 16.1 Å². The fourth-order valence-corrected chi connectivity index (χ4v) is 3.42. The number of aromatic nitrogens is 2. The Morgan fingerprint density at radius 3 is 2.70 bits per heavy atom. The van der Waals surface area contributed by atoms with Crippen LogP contribution in [0.4, 0.5) is 5.69 Å². The standard InChI is InChI=1S/C20H19ClN4O2/c1-14-4-5-16(21)11-18(14)24-7-9-25(10-8-24)20(26)17-12-19(27-23-17)15-3-2-6-22-13-15/h2-6,11-13H,7-10H2,1H3. The molecule has 6 nitrogen and oxygen atoms in total. The first-order chi connectivity index (χ1) is 13.1. The molecule has 138 valence electrons. The van der Waals surface area contributed by atoms with E-state index < -0.39 is 0 Å². The Bertz CT molecular complexity index is 950. The fraction of sp³-hybridized carbons (Fsp3) is 0.250. The van der Waals surface area contributed by atoms with E-state index in [-0.39, 0.29) is 5.91 Å². The van der Waals surface area contributed by atoms with Crippen LogP contribution in [0.2, 0.25) is 5.02 Å². The van der Waals surface area contributed by atoms with Crippen LogP contribution in [0.15, 0.2) is 53.3 Å². The summed E-state index contributed by atoms with van der Waals surface area (Å²) >= 11 is 6.13. The number of nitrogens with zero attached hydrogens (tertiary/aromatic N) is 4. The van der Waals surface area contributed by atoms with Crippen molar-refractivity contribution in [3.63, 3.8) is 0 Å². The highest BCUT2D eigenvalue weighted by atomic mass is 35.5. The van der Waals surface area contributed by atoms with Crippen molar-refractivity contribution in [2.24, 2.45) is 0 Å². The maximum atomic E-state index is 12.8. The third-order valence-corrected chi connectivity index (χ3v) is 4.99. The van der Waals surface area contributed by atoms with E-state index >= 15 is 0 Å². The molecule has 0 bridgehead atoms. The number of piperazine rings is 1. The van der Waals surface area contributed by atoms with Crippen molar-refractivity contribution < 1.29 is 9.32 Å². The Morgan fingerprint density at radius 1 is 1.15 bits per heavy atom. The monoisotopic (exact) mass is 382 g/mol. The molecule has 0 atom stereocenters. The molecule has 3 aromatic rings. The van der Waals surface area contributed by atoms with Gasteiger partial charge in [-0.25, -0.2) is 0 Å². The summed E-state index contributed by atoms with van der Waals surface area (Å²) in [5.41, 5.74) is 3.42. The summed E-state index contributed by atoms with van der Waals surface area (Å²) < 4.78 is 5.32. The minimum atomic E-state index is -0.114. The zero-order valence-corrected chi connectivity index (χ0v) is 15.7. The van der Waals surface area contributed by atoms with Gasteiger partial charge in [0.15, 0.2) is 11.5 Å². The normalized spacial score (nSPS) is 14.4. The molecule has 1 aliphatic heterocycles. The second-order valence-electron chi connectivity index (χ2n) is 6.53. The molecule has 4 rings (SSSR count). The molecule has 1 aliphatic rings. The minimum Gasteiger partial charge on any atom is -0.368 e. The second kappa shape index (κ2) is 7.40. The van der Waals surface area contributed by atoms with Gasteiger partial charge in [0.05, 0.1) is 0 Å². The van der Waals surface area contributed by atoms with Crippen molar-refractivity contribution in [3.8, 4) is 11.3 Å². The number of hydrogen-bond acceptors (Lipinski definition) is 5. The van der Waals surface area contributed by atoms with E-state index in [1.165, 1.54) is 5.56 Å². The Morgan fingerprint density at radius 2 is 1.96 bits per heavy atom. The first kappa shape index (κ1) is 17.5. The maximum absolute atomic E-state index is 12.8. The smallest absolute Gasteiger partial charge is 0.276 e. The maximum Gasteiger partial charge on any atom is 0.276 e. The molecule has 0 aliphatic carbocycles. The summed E-state index contributed by atoms with van der Waals surface area (Å²) in [4.78, 5) is 20.9. The van der Waals surface area contributed by atoms with Gasteiger partial charge in [-0.2, -0.15) is 0 Å². The zero-order chi connectivity index (χ0) is 18.8. The van der Waals surface area contributed by atoms with Gasteiger partial charge < -0.3 is 14.3 Å². The SMILES string of the molecule is Cc1ccc(Cl)cc1N1CCN(C(=O)c2cc(-c3cccnc3)on2)CC1. The molecular formula is C20H19ClN4O2. The highest BCUT2D eigenvalue weighted by Gasteiger charge is 2.25. The summed E-state index contributed by atoms with van der Waals surface area (Å²) in [7, 11) is 0. The lowest BCUT2D eigenvalue weighted by atomic mass is 10.1. The Balaban J connectivity index is 1.43. The molecule has 0 N–H and O–H groups in total. The van der Waals surface area contributed by atoms with E-state index in [9.17, 15) is 4.79 Å². The molecule has 0 unspecified atom stereocenters. The number of carbonyl (C=O) groups excluding carboxylic acids is 1. The van der Waals surface area contributed by atoms with Crippen molar-refractivity contribution in [2.75, 3.05) is 31.1 Å². The predicted octanol–water partition coefficient (Wildman–Crippen LogP) is 3.66. The van der Waals surface area contributed by atoms with Crippen LogP contribution in [0.5, 0.6) is 0 Å². The highest BCUT2D eigenvalue weighted by Crippen LogP contribution is 2.26. The van der Waals surface area contributed by atoms with Gasteiger partial charge >= 0.3 is 0 Å². The predicted molar refractivity (Wildman–Crippen MR) is 104 cm³/mol. The molecule has 1 amide bonds. The van der Waals surface area contributed by atoms with E-state index in [4.69, 9.17) is 16.1 Å². The van der Waals surface area contributed by atoms with Crippen molar-refractivity contribution >= 4 is 23.2 Å². The van der Waals surface area contributed by atoms with E-state index in [0.717, 1.165) is 29.4 Å². The van der Waals surface area contributed by atoms with Crippen molar-refractivity contribution in [2.45, 2.75) is 6.92 Å². The van der Waals surface area contributed by atoms with Crippen molar-refractivity contribution in [1.29, 1.82) is 0 Å². The summed E-state index contributed by atoms with van der Waals surface area (Å²) in [6, 6.07) is 11.2. The summed E-state index contributed by atoms with van der Waals surface area (Å²) in [6.07, 6.45) is 3.37. The van der Waals surface area contributed by atoms with Gasteiger partial charge in [0, 0.05) is 60.9 Å². The lowest BCUT2D eigenvalue weighted by Gasteiger charge is -2.36. The molecule has 7 heteroatoms. The molecule has 1 fully saturated rings. The van der Waals surface area contributed by atoms with Gasteiger partial charge in [0.2, 0.25) is 0 Å². The molecule has 1 aromatic carbocycles. The van der Waals surface area contributed by atoms with E-state index in [2.05, 4.69) is 22.0 Å². The van der Waals surface area contributed by atoms with Crippen LogP contribution in [-0.2, 0) is 0 Å². The summed E-state index contributed by atoms with van der Waals surface area (Å²) in [5.74, 6) is 0.427. The first-order valence-electron chi connectivity index (χ1n) is 8.79. The van der Waals surface area contributed by atoms with Gasteiger partial charge in [0.1, 0.15) is 0 Å². The largest absolute Gasteiger partial charge is 0.368 e. The lowest BCUT2D eigenvalue weighted by molar-refractivity contribution is 0.0736. The molecule has 0 spiro atoms. The number of amides is 1. The number of hydrogen-bond donors (Lipinski definition) is 0. The lowest BCUT2D eigenvalue weighted by Crippen LogP contribution is -2.49. The molecular weight excluding hydrogens is 364 g/mol. The minimum absolute atomic E-state index is 0.114. The van der Waals surface area contributed by atoms with Gasteiger partial charge in [0.25, 0.3) is 5.91 Å². The Hall–Kier alpha value is -2.86. The van der Waals surface area contributed by atoms with Gasteiger partial charge in [-0.1, -0.05) is 22.8 Å². The number of aryl methyl sites for hydroxylation is 1. The number of halogens is 1. The zero-order valence-electron chi connectivity index (χ0n) is 14.9. The second-order valence-corrected chi connectivity index (χ2v) is 6.96. The van der Waals surface area contributed by atoms with Gasteiger partial charge in [-0.15, -0.1) is 0 Å². The van der Waals surface area contributed by atoms with Crippen LogP contribution < -0.4 is 4.90 Å². The molecule has 0 radical (unpaired) electrons. The number of rotatable bonds is 3. The van der Waals surface area contributed by atoms with Crippen LogP contribution in [-0.4, -0.2) is 47.1 Å². The third kappa shape index (κ3) is 3.66. The fourth-order valence-electron chi connectivity index (χ4n) is 3.26. The van der Waals surface area contributed by atoms with Gasteiger partial charge in [-0.3, -0.25) is 9.78 Å². The quantitative estimate of drug-likeness (QED) is 0.691. The van der Waals surface area contributed by atoms with E-state index in [1.807, 2.05) is 30.3 Å². The van der Waals surface area contributed by atoms with Crippen LogP contribution in [0.3, 0.4) is 0 Å². The molecule has 2 aromatic heterocycles. The topological polar surface area (TPSA) is 62.5 Å². The first-order valence-corrected chi connectivity index (χ1v) is 9.17. The highest BCUT2D eigenvalue weighted by molar-refractivity contribution is 6.30. The molecule has 1 saturated heterocycles. The number of benzene rings is 1.